The third kappa shape index (κ3) is 6.29. The van der Waals surface area contributed by atoms with Crippen LogP contribution in [0.5, 0.6) is 5.75 Å². The van der Waals surface area contributed by atoms with E-state index >= 15 is 0 Å². The molecule has 1 aromatic carbocycles. The summed E-state index contributed by atoms with van der Waals surface area (Å²) in [5.41, 5.74) is 0.365. The number of pyridine rings is 1. The minimum Gasteiger partial charge on any atom is -0.493 e. The second kappa shape index (κ2) is 11.2. The Balaban J connectivity index is 1.99. The number of halogens is 3. The van der Waals surface area contributed by atoms with Gasteiger partial charge in [-0.1, -0.05) is 19.8 Å². The Labute approximate surface area is 194 Å². The lowest BCUT2D eigenvalue weighted by molar-refractivity contribution is -0.139. The normalized spacial score (nSPS) is 11.4. The quantitative estimate of drug-likeness (QED) is 0.329. The summed E-state index contributed by atoms with van der Waals surface area (Å²) in [7, 11) is 1.34. The summed E-state index contributed by atoms with van der Waals surface area (Å²) in [6.07, 6.45) is 1.03. The summed E-state index contributed by atoms with van der Waals surface area (Å²) >= 11 is 1.14. The van der Waals surface area contributed by atoms with E-state index in [0.717, 1.165) is 40.7 Å². The lowest BCUT2D eigenvalue weighted by Crippen LogP contribution is -2.29. The number of hydrogen-bond donors (Lipinski definition) is 0. The second-order valence-corrected chi connectivity index (χ2v) is 7.99. The molecule has 2 heterocycles. The zero-order chi connectivity index (χ0) is 23.8. The van der Waals surface area contributed by atoms with Crippen LogP contribution in [0.2, 0.25) is 0 Å². The number of unbranched alkanes of at least 4 members (excludes halogenated alkanes) is 2. The molecule has 33 heavy (non-hydrogen) atoms. The number of carbonyl (C=O) groups excluding carboxylic acids is 1. The van der Waals surface area contributed by atoms with Gasteiger partial charge in [-0.05, 0) is 36.8 Å². The van der Waals surface area contributed by atoms with E-state index in [1.807, 2.05) is 6.92 Å². The molecule has 176 valence electrons. The van der Waals surface area contributed by atoms with E-state index in [0.29, 0.717) is 12.1 Å². The molecule has 2 aromatic heterocycles. The molecule has 0 aliphatic carbocycles. The second-order valence-electron chi connectivity index (χ2n) is 7.15. The number of alkyl halides is 3. The molecule has 0 saturated carbocycles. The van der Waals surface area contributed by atoms with Gasteiger partial charge in [0.15, 0.2) is 5.13 Å². The molecule has 0 unspecified atom stereocenters. The number of ether oxygens (including phenoxy) is 2. The number of thiazole rings is 1. The Morgan fingerprint density at radius 2 is 2.03 bits per heavy atom. The first-order valence-electron chi connectivity index (χ1n) is 10.4. The van der Waals surface area contributed by atoms with Gasteiger partial charge in [-0.2, -0.15) is 13.2 Å². The minimum absolute atomic E-state index is 0.0253. The van der Waals surface area contributed by atoms with Gasteiger partial charge >= 0.3 is 6.18 Å². The van der Waals surface area contributed by atoms with Crippen molar-refractivity contribution in [3.63, 3.8) is 0 Å². The molecule has 0 atom stereocenters. The summed E-state index contributed by atoms with van der Waals surface area (Å²) in [5.74, 6) is -0.814. The highest BCUT2D eigenvalue weighted by atomic mass is 32.1. The zero-order valence-corrected chi connectivity index (χ0v) is 19.1. The molecule has 0 aliphatic heterocycles. The van der Waals surface area contributed by atoms with Crippen molar-refractivity contribution in [2.75, 3.05) is 25.2 Å². The number of nitrogens with zero attached hydrogens (tertiary/aromatic N) is 3. The van der Waals surface area contributed by atoms with Crippen LogP contribution in [0.4, 0.5) is 24.0 Å². The highest BCUT2D eigenvalue weighted by molar-refractivity contribution is 7.14. The van der Waals surface area contributed by atoms with Gasteiger partial charge in [-0.3, -0.25) is 14.7 Å². The maximum absolute atomic E-state index is 13.8. The van der Waals surface area contributed by atoms with Crippen LogP contribution in [0.25, 0.3) is 11.3 Å². The van der Waals surface area contributed by atoms with Crippen molar-refractivity contribution in [2.45, 2.75) is 32.4 Å². The van der Waals surface area contributed by atoms with Crippen molar-refractivity contribution in [2.24, 2.45) is 0 Å². The summed E-state index contributed by atoms with van der Waals surface area (Å²) in [5, 5.41) is 1.94. The van der Waals surface area contributed by atoms with Crippen LogP contribution in [0.1, 0.15) is 31.7 Å². The van der Waals surface area contributed by atoms with Gasteiger partial charge < -0.3 is 9.47 Å². The van der Waals surface area contributed by atoms with Gasteiger partial charge in [0.1, 0.15) is 12.4 Å². The monoisotopic (exact) mass is 479 g/mol. The third-order valence-corrected chi connectivity index (χ3v) is 5.52. The molecule has 0 radical (unpaired) electrons. The smallest absolute Gasteiger partial charge is 0.420 e. The van der Waals surface area contributed by atoms with Crippen LogP contribution in [0.15, 0.2) is 48.1 Å². The van der Waals surface area contributed by atoms with E-state index in [-0.39, 0.29) is 29.8 Å². The van der Waals surface area contributed by atoms with E-state index < -0.39 is 17.6 Å². The molecule has 0 aliphatic rings. The lowest BCUT2D eigenvalue weighted by atomic mass is 10.1. The summed E-state index contributed by atoms with van der Waals surface area (Å²) < 4.78 is 51.8. The maximum atomic E-state index is 13.8. The van der Waals surface area contributed by atoms with Gasteiger partial charge in [0, 0.05) is 30.4 Å². The average Bonchev–Trinajstić information content (AvgIpc) is 3.27. The van der Waals surface area contributed by atoms with Gasteiger partial charge in [-0.15, -0.1) is 11.3 Å². The van der Waals surface area contributed by atoms with Crippen LogP contribution < -0.4 is 9.64 Å². The number of benzene rings is 1. The van der Waals surface area contributed by atoms with Crippen LogP contribution in [-0.2, 0) is 15.7 Å². The molecule has 0 saturated heterocycles. The Bertz CT molecular complexity index is 1060. The SMILES string of the molecule is CCCCCOc1ccc(N(C(=O)COC)c2nc(-c3cccnc3)cs2)cc1C(F)(F)F. The standard InChI is InChI=1S/C23H24F3N3O3S/c1-3-4-5-11-32-20-9-8-17(12-18(20)23(24,25)26)29(21(30)14-31-2)22-28-19(15-33-22)16-7-6-10-27-13-16/h6-10,12-13,15H,3-5,11,14H2,1-2H3. The van der Waals surface area contributed by atoms with E-state index in [2.05, 4.69) is 9.97 Å². The Kier molecular flexibility index (Phi) is 8.40. The number of rotatable bonds is 10. The first-order valence-corrected chi connectivity index (χ1v) is 11.2. The van der Waals surface area contributed by atoms with Gasteiger partial charge in [0.25, 0.3) is 5.91 Å². The molecule has 0 spiro atoms. The van der Waals surface area contributed by atoms with Gasteiger partial charge in [-0.25, -0.2) is 4.98 Å². The van der Waals surface area contributed by atoms with E-state index in [9.17, 15) is 18.0 Å². The first kappa shape index (κ1) is 24.7. The maximum Gasteiger partial charge on any atom is 0.420 e. The number of amides is 1. The zero-order valence-electron chi connectivity index (χ0n) is 18.3. The van der Waals surface area contributed by atoms with Gasteiger partial charge in [0.05, 0.1) is 23.6 Å². The van der Waals surface area contributed by atoms with Crippen LogP contribution in [0.3, 0.4) is 0 Å². The number of aromatic nitrogens is 2. The van der Waals surface area contributed by atoms with E-state index in [1.165, 1.54) is 19.2 Å². The Hall–Kier alpha value is -2.98. The van der Waals surface area contributed by atoms with Gasteiger partial charge in [0.2, 0.25) is 0 Å². The largest absolute Gasteiger partial charge is 0.493 e. The number of hydrogen-bond acceptors (Lipinski definition) is 6. The predicted octanol–water partition coefficient (Wildman–Crippen LogP) is 6.10. The molecular weight excluding hydrogens is 455 g/mol. The Morgan fingerprint density at radius 3 is 2.70 bits per heavy atom. The van der Waals surface area contributed by atoms with Crippen LogP contribution in [-0.4, -0.2) is 36.2 Å². The Morgan fingerprint density at radius 1 is 1.21 bits per heavy atom. The molecule has 10 heteroatoms. The molecule has 1 amide bonds. The van der Waals surface area contributed by atoms with Crippen molar-refractivity contribution in [1.29, 1.82) is 0 Å². The van der Waals surface area contributed by atoms with E-state index in [1.54, 1.807) is 29.9 Å². The molecule has 0 fully saturated rings. The van der Waals surface area contributed by atoms with Crippen molar-refractivity contribution in [3.05, 3.63) is 53.7 Å². The number of carbonyl (C=O) groups is 1. The topological polar surface area (TPSA) is 64.5 Å². The summed E-state index contributed by atoms with van der Waals surface area (Å²) in [4.78, 5) is 22.5. The molecule has 6 nitrogen and oxygen atoms in total. The fourth-order valence-corrected chi connectivity index (χ4v) is 3.97. The first-order chi connectivity index (χ1) is 15.8. The van der Waals surface area contributed by atoms with Crippen LogP contribution >= 0.6 is 11.3 Å². The number of methoxy groups -OCH3 is 1. The van der Waals surface area contributed by atoms with Crippen molar-refractivity contribution < 1.29 is 27.4 Å². The minimum atomic E-state index is -4.66. The lowest BCUT2D eigenvalue weighted by Gasteiger charge is -2.22. The molecular formula is C23H24F3N3O3S. The molecule has 3 aromatic rings. The summed E-state index contributed by atoms with van der Waals surface area (Å²) in [6.45, 7) is 1.86. The predicted molar refractivity (Wildman–Crippen MR) is 121 cm³/mol. The van der Waals surface area contributed by atoms with Crippen LogP contribution in [0, 0.1) is 0 Å². The molecule has 0 bridgehead atoms. The third-order valence-electron chi connectivity index (χ3n) is 4.69. The fraction of sp³-hybridized carbons (Fsp3) is 0.348. The molecule has 0 N–H and O–H groups in total. The van der Waals surface area contributed by atoms with Crippen molar-refractivity contribution in [1.82, 2.24) is 9.97 Å². The van der Waals surface area contributed by atoms with Crippen molar-refractivity contribution in [3.8, 4) is 17.0 Å². The summed E-state index contributed by atoms with van der Waals surface area (Å²) in [6, 6.07) is 7.13. The van der Waals surface area contributed by atoms with Crippen molar-refractivity contribution >= 4 is 28.1 Å². The fourth-order valence-electron chi connectivity index (χ4n) is 3.10. The number of anilines is 2. The highest BCUT2D eigenvalue weighted by Gasteiger charge is 2.36. The molecule has 3 rings (SSSR count). The highest BCUT2D eigenvalue weighted by Crippen LogP contribution is 2.41. The average molecular weight is 480 g/mol. The van der Waals surface area contributed by atoms with E-state index in [4.69, 9.17) is 9.47 Å².